The number of rotatable bonds is 6. The minimum atomic E-state index is -0.933. The highest BCUT2D eigenvalue weighted by Crippen LogP contribution is 2.41. The molecule has 5 heteroatoms. The van der Waals surface area contributed by atoms with Crippen LogP contribution in [0, 0.1) is 9.49 Å². The summed E-state index contributed by atoms with van der Waals surface area (Å²) in [6, 6.07) is 26.8. The summed E-state index contributed by atoms with van der Waals surface area (Å²) in [6.45, 7) is 4.27. The van der Waals surface area contributed by atoms with Gasteiger partial charge in [-0.15, -0.1) is 0 Å². The highest BCUT2D eigenvalue weighted by atomic mass is 127. The van der Waals surface area contributed by atoms with Crippen LogP contribution in [0.4, 0.5) is 5.69 Å². The highest BCUT2D eigenvalue weighted by Gasteiger charge is 2.47. The maximum absolute atomic E-state index is 12.1. The molecule has 3 aromatic rings. The second kappa shape index (κ2) is 10.2. The third-order valence-corrected chi connectivity index (χ3v) is 8.81. The molecule has 2 atom stereocenters. The molecule has 176 valence electrons. The predicted molar refractivity (Wildman–Crippen MR) is 145 cm³/mol. The number of halogens is 1. The van der Waals surface area contributed by atoms with E-state index >= 15 is 0 Å². The number of piperidine rings is 1. The first-order valence-electron chi connectivity index (χ1n) is 12.1. The maximum Gasteiger partial charge on any atom is 0.151 e. The van der Waals surface area contributed by atoms with E-state index in [1.54, 1.807) is 0 Å². The molecular weight excluding hydrogens is 535 g/mol. The zero-order valence-corrected chi connectivity index (χ0v) is 21.5. The van der Waals surface area contributed by atoms with Crippen molar-refractivity contribution in [1.29, 1.82) is 0 Å². The average Bonchev–Trinajstić information content (AvgIpc) is 3.22. The Morgan fingerprint density at radius 3 is 2.29 bits per heavy atom. The largest absolute Gasteiger partial charge is 0.383 e. The molecule has 2 saturated heterocycles. The molecule has 2 unspecified atom stereocenters. The van der Waals surface area contributed by atoms with Gasteiger partial charge in [0.15, 0.2) is 6.29 Å². The number of β-amino-alcohol motifs (C(OH)–C–C–N with tert-alkyl or cyclic N) is 1. The molecule has 4 nitrogen and oxygen atoms in total. The lowest BCUT2D eigenvalue weighted by Crippen LogP contribution is -2.44. The third kappa shape index (κ3) is 4.66. The molecule has 0 radical (unpaired) electrons. The Morgan fingerprint density at radius 1 is 0.941 bits per heavy atom. The summed E-state index contributed by atoms with van der Waals surface area (Å²) in [7, 11) is 0. The number of hydrogen-bond donors (Lipinski definition) is 1. The minimum Gasteiger partial charge on any atom is -0.383 e. The molecule has 34 heavy (non-hydrogen) atoms. The summed E-state index contributed by atoms with van der Waals surface area (Å²) in [4.78, 5) is 16.3. The molecule has 2 aliphatic heterocycles. The first-order chi connectivity index (χ1) is 16.6. The number of carbonyl (C=O) groups is 1. The van der Waals surface area contributed by atoms with Gasteiger partial charge in [0.05, 0.1) is 12.2 Å². The van der Waals surface area contributed by atoms with Crippen molar-refractivity contribution in [2.45, 2.75) is 24.4 Å². The second-order valence-corrected chi connectivity index (χ2v) is 10.7. The van der Waals surface area contributed by atoms with Gasteiger partial charge >= 0.3 is 0 Å². The third-order valence-electron chi connectivity index (χ3n) is 7.63. The van der Waals surface area contributed by atoms with E-state index in [2.05, 4.69) is 68.8 Å². The molecular formula is C29H31IN2O2. The van der Waals surface area contributed by atoms with Crippen molar-refractivity contribution in [3.63, 3.8) is 0 Å². The lowest BCUT2D eigenvalue weighted by molar-refractivity contribution is -0.00352. The first kappa shape index (κ1) is 23.5. The van der Waals surface area contributed by atoms with Crippen molar-refractivity contribution in [3.8, 4) is 0 Å². The lowest BCUT2D eigenvalue weighted by atomic mass is 9.83. The molecule has 0 bridgehead atoms. The fourth-order valence-corrected chi connectivity index (χ4v) is 6.53. The van der Waals surface area contributed by atoms with Crippen LogP contribution in [0.5, 0.6) is 0 Å². The Kier molecular flexibility index (Phi) is 7.04. The van der Waals surface area contributed by atoms with Crippen LogP contribution in [-0.2, 0) is 5.60 Å². The smallest absolute Gasteiger partial charge is 0.151 e. The molecule has 0 aliphatic carbocycles. The minimum absolute atomic E-state index is 0.0823. The van der Waals surface area contributed by atoms with Gasteiger partial charge in [0, 0.05) is 28.1 Å². The monoisotopic (exact) mass is 566 g/mol. The lowest BCUT2D eigenvalue weighted by Gasteiger charge is -2.37. The summed E-state index contributed by atoms with van der Waals surface area (Å²) in [5.41, 5.74) is 3.22. The van der Waals surface area contributed by atoms with E-state index in [9.17, 15) is 9.90 Å². The van der Waals surface area contributed by atoms with E-state index in [1.165, 1.54) is 5.56 Å². The van der Waals surface area contributed by atoms with E-state index in [0.29, 0.717) is 18.0 Å². The van der Waals surface area contributed by atoms with Crippen LogP contribution in [0.1, 0.15) is 40.2 Å². The quantitative estimate of drug-likeness (QED) is 0.325. The predicted octanol–water partition coefficient (Wildman–Crippen LogP) is 5.31. The Hall–Kier alpha value is -2.22. The molecule has 0 spiro atoms. The van der Waals surface area contributed by atoms with E-state index in [-0.39, 0.29) is 5.92 Å². The van der Waals surface area contributed by atoms with Crippen LogP contribution >= 0.6 is 22.6 Å². The van der Waals surface area contributed by atoms with Crippen LogP contribution < -0.4 is 4.90 Å². The summed E-state index contributed by atoms with van der Waals surface area (Å²) in [5, 5.41) is 12.1. The number of hydrogen-bond acceptors (Lipinski definition) is 4. The Labute approximate surface area is 215 Å². The van der Waals surface area contributed by atoms with Crippen LogP contribution in [0.25, 0.3) is 0 Å². The first-order valence-corrected chi connectivity index (χ1v) is 13.2. The van der Waals surface area contributed by atoms with Gasteiger partial charge in [0.25, 0.3) is 0 Å². The fourth-order valence-electron chi connectivity index (χ4n) is 5.71. The molecule has 1 N–H and O–H groups in total. The van der Waals surface area contributed by atoms with Gasteiger partial charge in [-0.3, -0.25) is 4.79 Å². The maximum atomic E-state index is 12.1. The van der Waals surface area contributed by atoms with E-state index < -0.39 is 5.60 Å². The van der Waals surface area contributed by atoms with Gasteiger partial charge in [-0.25, -0.2) is 0 Å². The molecule has 2 heterocycles. The number of carbonyl (C=O) groups excluding carboxylic acids is 1. The standard InChI is InChI=1S/C29H31IN2O2/c30-28-24(20-33)10-7-13-27(28)32-19-26(29(34,21-32)25-11-5-2-6-12-25)18-31-16-14-23(15-17-31)22-8-3-1-4-9-22/h1-13,20,23,26,34H,14-19,21H2. The SMILES string of the molecule is O=Cc1cccc(N2CC(CN3CCC(c4ccccc4)CC3)C(O)(c3ccccc3)C2)c1I. The van der Waals surface area contributed by atoms with Gasteiger partial charge in [0.1, 0.15) is 5.60 Å². The summed E-state index contributed by atoms with van der Waals surface area (Å²) >= 11 is 2.26. The van der Waals surface area contributed by atoms with Crippen molar-refractivity contribution in [1.82, 2.24) is 4.90 Å². The van der Waals surface area contributed by atoms with E-state index in [1.807, 2.05) is 42.5 Å². The van der Waals surface area contributed by atoms with Crippen molar-refractivity contribution in [2.75, 3.05) is 37.6 Å². The number of likely N-dealkylation sites (tertiary alicyclic amines) is 1. The van der Waals surface area contributed by atoms with Crippen molar-refractivity contribution >= 4 is 34.6 Å². The molecule has 2 aliphatic rings. The summed E-state index contributed by atoms with van der Waals surface area (Å²) < 4.78 is 0.954. The number of aldehydes is 1. The van der Waals surface area contributed by atoms with Crippen LogP contribution in [0.2, 0.25) is 0 Å². The molecule has 0 saturated carbocycles. The Balaban J connectivity index is 1.36. The number of nitrogens with zero attached hydrogens (tertiary/aromatic N) is 2. The van der Waals surface area contributed by atoms with Crippen LogP contribution in [0.15, 0.2) is 78.9 Å². The van der Waals surface area contributed by atoms with E-state index in [4.69, 9.17) is 0 Å². The van der Waals surface area contributed by atoms with Gasteiger partial charge in [-0.1, -0.05) is 72.8 Å². The number of anilines is 1. The Bertz CT molecular complexity index is 1120. The number of benzene rings is 3. The van der Waals surface area contributed by atoms with Crippen molar-refractivity contribution in [2.24, 2.45) is 5.92 Å². The topological polar surface area (TPSA) is 43.8 Å². The zero-order valence-electron chi connectivity index (χ0n) is 19.3. The van der Waals surface area contributed by atoms with Gasteiger partial charge in [-0.2, -0.15) is 0 Å². The van der Waals surface area contributed by atoms with Gasteiger partial charge in [0.2, 0.25) is 0 Å². The van der Waals surface area contributed by atoms with Crippen LogP contribution in [-0.4, -0.2) is 49.0 Å². The van der Waals surface area contributed by atoms with Gasteiger partial charge < -0.3 is 14.9 Å². The van der Waals surface area contributed by atoms with Crippen LogP contribution in [0.3, 0.4) is 0 Å². The summed E-state index contributed by atoms with van der Waals surface area (Å²) in [6.07, 6.45) is 3.23. The molecule has 2 fully saturated rings. The highest BCUT2D eigenvalue weighted by molar-refractivity contribution is 14.1. The van der Waals surface area contributed by atoms with Crippen molar-refractivity contribution < 1.29 is 9.90 Å². The normalized spacial score (nSPS) is 23.8. The van der Waals surface area contributed by atoms with E-state index in [0.717, 1.165) is 60.1 Å². The molecule has 3 aromatic carbocycles. The van der Waals surface area contributed by atoms with Gasteiger partial charge in [-0.05, 0) is 71.6 Å². The average molecular weight is 566 g/mol. The van der Waals surface area contributed by atoms with Crippen molar-refractivity contribution in [3.05, 3.63) is 99.1 Å². The Morgan fingerprint density at radius 2 is 1.62 bits per heavy atom. The zero-order chi connectivity index (χ0) is 23.5. The molecule has 0 amide bonds. The second-order valence-electron chi connectivity index (χ2n) is 9.65. The summed E-state index contributed by atoms with van der Waals surface area (Å²) in [5.74, 6) is 0.706. The number of aliphatic hydroxyl groups is 1. The fraction of sp³-hybridized carbons (Fsp3) is 0.345. The molecule has 5 rings (SSSR count). The molecule has 0 aromatic heterocycles.